The summed E-state index contributed by atoms with van der Waals surface area (Å²) in [6.07, 6.45) is 3.41. The molecule has 2 aromatic rings. The predicted octanol–water partition coefficient (Wildman–Crippen LogP) is 2.56. The van der Waals surface area contributed by atoms with Gasteiger partial charge < -0.3 is 15.2 Å². The van der Waals surface area contributed by atoms with Crippen molar-refractivity contribution in [2.45, 2.75) is 30.8 Å². The van der Waals surface area contributed by atoms with Crippen LogP contribution in [-0.4, -0.2) is 33.2 Å². The highest BCUT2D eigenvalue weighted by molar-refractivity contribution is 8.00. The summed E-state index contributed by atoms with van der Waals surface area (Å²) in [4.78, 5) is 28.0. The average Bonchev–Trinajstić information content (AvgIpc) is 3.07. The van der Waals surface area contributed by atoms with Gasteiger partial charge in [-0.25, -0.2) is 18.2 Å². The summed E-state index contributed by atoms with van der Waals surface area (Å²) in [6.45, 7) is 3.86. The normalized spacial score (nSPS) is 11.9. The van der Waals surface area contributed by atoms with Gasteiger partial charge in [0, 0.05) is 18.9 Å². The van der Waals surface area contributed by atoms with Gasteiger partial charge in [-0.1, -0.05) is 11.8 Å². The standard InChI is InChI=1S/C16H17F3N4O2S/c1-3-23-7-6-20-16(23)26-9(2)15(25)21-8-12(24)22-11-5-4-10(17)13(18)14(11)19/h4-7,9H,3,8H2,1-2H3,(H,21,25)(H,22,24). The van der Waals surface area contributed by atoms with Crippen molar-refractivity contribution in [2.75, 3.05) is 11.9 Å². The molecule has 0 saturated heterocycles. The number of hydrogen-bond donors (Lipinski definition) is 2. The number of aromatic nitrogens is 2. The van der Waals surface area contributed by atoms with Gasteiger partial charge in [0.25, 0.3) is 0 Å². The van der Waals surface area contributed by atoms with Crippen LogP contribution in [0.4, 0.5) is 18.9 Å². The topological polar surface area (TPSA) is 76.0 Å². The Morgan fingerprint density at radius 2 is 2.00 bits per heavy atom. The van der Waals surface area contributed by atoms with E-state index in [0.29, 0.717) is 17.8 Å². The van der Waals surface area contributed by atoms with Crippen molar-refractivity contribution in [1.29, 1.82) is 0 Å². The molecule has 0 fully saturated rings. The van der Waals surface area contributed by atoms with Crippen LogP contribution < -0.4 is 10.6 Å². The number of benzene rings is 1. The first-order chi connectivity index (χ1) is 12.3. The Hall–Kier alpha value is -2.49. The average molecular weight is 386 g/mol. The number of hydrogen-bond acceptors (Lipinski definition) is 4. The predicted molar refractivity (Wildman–Crippen MR) is 91.2 cm³/mol. The lowest BCUT2D eigenvalue weighted by Crippen LogP contribution is -2.37. The first-order valence-corrected chi connectivity index (χ1v) is 8.60. The van der Waals surface area contributed by atoms with E-state index in [2.05, 4.69) is 15.6 Å². The van der Waals surface area contributed by atoms with Crippen LogP contribution in [0, 0.1) is 17.5 Å². The van der Waals surface area contributed by atoms with Crippen molar-refractivity contribution in [1.82, 2.24) is 14.9 Å². The fraction of sp³-hybridized carbons (Fsp3) is 0.312. The third-order valence-corrected chi connectivity index (χ3v) is 4.52. The van der Waals surface area contributed by atoms with Gasteiger partial charge in [0.05, 0.1) is 17.5 Å². The van der Waals surface area contributed by atoms with Crippen molar-refractivity contribution in [3.63, 3.8) is 0 Å². The van der Waals surface area contributed by atoms with Crippen LogP contribution in [0.1, 0.15) is 13.8 Å². The molecule has 26 heavy (non-hydrogen) atoms. The van der Waals surface area contributed by atoms with Crippen LogP contribution in [-0.2, 0) is 16.1 Å². The maximum atomic E-state index is 13.5. The van der Waals surface area contributed by atoms with Crippen molar-refractivity contribution in [3.8, 4) is 0 Å². The van der Waals surface area contributed by atoms with E-state index in [9.17, 15) is 22.8 Å². The van der Waals surface area contributed by atoms with Gasteiger partial charge in [0.15, 0.2) is 22.6 Å². The minimum Gasteiger partial charge on any atom is -0.346 e. The maximum Gasteiger partial charge on any atom is 0.243 e. The number of carbonyl (C=O) groups excluding carboxylic acids is 2. The molecule has 1 atom stereocenters. The molecule has 0 bridgehead atoms. The maximum absolute atomic E-state index is 13.5. The zero-order valence-corrected chi connectivity index (χ0v) is 14.9. The molecule has 1 aromatic carbocycles. The number of rotatable bonds is 7. The number of thioether (sulfide) groups is 1. The van der Waals surface area contributed by atoms with E-state index in [0.717, 1.165) is 6.07 Å². The third kappa shape index (κ3) is 4.78. The van der Waals surface area contributed by atoms with E-state index < -0.39 is 46.7 Å². The van der Waals surface area contributed by atoms with Crippen LogP contribution in [0.3, 0.4) is 0 Å². The van der Waals surface area contributed by atoms with Gasteiger partial charge in [0.1, 0.15) is 0 Å². The van der Waals surface area contributed by atoms with Crippen LogP contribution >= 0.6 is 11.8 Å². The molecule has 2 N–H and O–H groups in total. The molecule has 0 saturated carbocycles. The SMILES string of the molecule is CCn1ccnc1SC(C)C(=O)NCC(=O)Nc1ccc(F)c(F)c1F. The molecule has 0 spiro atoms. The molecule has 140 valence electrons. The second-order valence-electron chi connectivity index (χ2n) is 5.24. The fourth-order valence-corrected chi connectivity index (χ4v) is 2.95. The monoisotopic (exact) mass is 386 g/mol. The minimum absolute atomic E-state index is 0.415. The number of anilines is 1. The van der Waals surface area contributed by atoms with E-state index >= 15 is 0 Å². The van der Waals surface area contributed by atoms with Gasteiger partial charge in [-0.15, -0.1) is 0 Å². The van der Waals surface area contributed by atoms with Gasteiger partial charge in [0.2, 0.25) is 11.8 Å². The number of amides is 2. The van der Waals surface area contributed by atoms with Crippen LogP contribution in [0.25, 0.3) is 0 Å². The molecule has 2 amide bonds. The van der Waals surface area contributed by atoms with Gasteiger partial charge in [-0.3, -0.25) is 9.59 Å². The second-order valence-corrected chi connectivity index (χ2v) is 6.55. The van der Waals surface area contributed by atoms with Crippen LogP contribution in [0.5, 0.6) is 0 Å². The summed E-state index contributed by atoms with van der Waals surface area (Å²) in [5.41, 5.74) is -0.504. The van der Waals surface area contributed by atoms with Gasteiger partial charge in [-0.05, 0) is 26.0 Å². The number of carbonyl (C=O) groups is 2. The number of nitrogens with zero attached hydrogens (tertiary/aromatic N) is 2. The van der Waals surface area contributed by atoms with Crippen molar-refractivity contribution < 1.29 is 22.8 Å². The second kappa shape index (κ2) is 8.75. The minimum atomic E-state index is -1.68. The van der Waals surface area contributed by atoms with E-state index in [4.69, 9.17) is 0 Å². The summed E-state index contributed by atoms with van der Waals surface area (Å²) >= 11 is 1.23. The Bertz CT molecular complexity index is 813. The molecule has 2 rings (SSSR count). The molecule has 0 radical (unpaired) electrons. The Morgan fingerprint density at radius 3 is 2.69 bits per heavy atom. The van der Waals surface area contributed by atoms with Crippen molar-refractivity contribution in [3.05, 3.63) is 42.0 Å². The van der Waals surface area contributed by atoms with E-state index in [1.54, 1.807) is 19.3 Å². The van der Waals surface area contributed by atoms with Gasteiger partial charge in [-0.2, -0.15) is 0 Å². The molecular formula is C16H17F3N4O2S. The van der Waals surface area contributed by atoms with Crippen molar-refractivity contribution in [2.24, 2.45) is 0 Å². The fourth-order valence-electron chi connectivity index (χ4n) is 1.99. The highest BCUT2D eigenvalue weighted by atomic mass is 32.2. The molecule has 6 nitrogen and oxygen atoms in total. The number of aryl methyl sites for hydroxylation is 1. The largest absolute Gasteiger partial charge is 0.346 e. The Kier molecular flexibility index (Phi) is 6.67. The molecule has 10 heteroatoms. The quantitative estimate of drug-likeness (QED) is 0.567. The number of halogens is 3. The van der Waals surface area contributed by atoms with Gasteiger partial charge >= 0.3 is 0 Å². The highest BCUT2D eigenvalue weighted by Crippen LogP contribution is 2.22. The number of nitrogens with one attached hydrogen (secondary N) is 2. The van der Waals surface area contributed by atoms with Crippen LogP contribution in [0.2, 0.25) is 0 Å². The summed E-state index contributed by atoms with van der Waals surface area (Å²) in [7, 11) is 0. The molecule has 1 aromatic heterocycles. The zero-order chi connectivity index (χ0) is 19.3. The Balaban J connectivity index is 1.86. The third-order valence-electron chi connectivity index (χ3n) is 3.40. The molecular weight excluding hydrogens is 369 g/mol. The first-order valence-electron chi connectivity index (χ1n) is 7.72. The van der Waals surface area contributed by atoms with Crippen molar-refractivity contribution >= 4 is 29.3 Å². The summed E-state index contributed by atoms with van der Waals surface area (Å²) in [5, 5.41) is 4.63. The van der Waals surface area contributed by atoms with E-state index in [-0.39, 0.29) is 0 Å². The summed E-state index contributed by atoms with van der Waals surface area (Å²) < 4.78 is 41.3. The first kappa shape index (κ1) is 19.8. The van der Waals surface area contributed by atoms with E-state index in [1.807, 2.05) is 11.5 Å². The molecule has 0 aliphatic carbocycles. The number of imidazole rings is 1. The van der Waals surface area contributed by atoms with Crippen LogP contribution in [0.15, 0.2) is 29.7 Å². The molecule has 0 aliphatic heterocycles. The molecule has 1 heterocycles. The molecule has 1 unspecified atom stereocenters. The lowest BCUT2D eigenvalue weighted by atomic mass is 10.2. The molecule has 0 aliphatic rings. The Morgan fingerprint density at radius 1 is 1.27 bits per heavy atom. The summed E-state index contributed by atoms with van der Waals surface area (Å²) in [5.74, 6) is -5.72. The Labute approximate surface area is 152 Å². The highest BCUT2D eigenvalue weighted by Gasteiger charge is 2.19. The lowest BCUT2D eigenvalue weighted by molar-refractivity contribution is -0.123. The van der Waals surface area contributed by atoms with E-state index in [1.165, 1.54) is 11.8 Å². The zero-order valence-electron chi connectivity index (χ0n) is 14.1. The lowest BCUT2D eigenvalue weighted by Gasteiger charge is -2.12. The summed E-state index contributed by atoms with van der Waals surface area (Å²) in [6, 6.07) is 1.59. The smallest absolute Gasteiger partial charge is 0.243 e.